The van der Waals surface area contributed by atoms with Crippen LogP contribution >= 0.6 is 0 Å². The molecule has 3 aliphatic heterocycles. The Balaban J connectivity index is 1.64. The summed E-state index contributed by atoms with van der Waals surface area (Å²) in [6, 6.07) is -0.558. The lowest BCUT2D eigenvalue weighted by Crippen LogP contribution is -2.50. The molecule has 0 aromatic carbocycles. The molecule has 3 heterocycles. The van der Waals surface area contributed by atoms with E-state index in [1.54, 1.807) is 0 Å². The van der Waals surface area contributed by atoms with Gasteiger partial charge in [0.1, 0.15) is 11.6 Å². The Labute approximate surface area is 119 Å². The highest BCUT2D eigenvalue weighted by molar-refractivity contribution is 6.07. The summed E-state index contributed by atoms with van der Waals surface area (Å²) in [5.74, 6) is -1.84. The number of imide groups is 1. The highest BCUT2D eigenvalue weighted by atomic mass is 16.5. The van der Waals surface area contributed by atoms with Gasteiger partial charge < -0.3 is 20.1 Å². The number of carboxylic acid groups (broad SMARTS) is 1. The average Bonchev–Trinajstić information content (AvgIpc) is 3.10. The Morgan fingerprint density at radius 2 is 2.00 bits per heavy atom. The number of hydrogen-bond acceptors (Lipinski definition) is 5. The lowest BCUT2D eigenvalue weighted by Gasteiger charge is -2.23. The fraction of sp³-hybridized carbons (Fsp3) is 0.667. The fourth-order valence-corrected chi connectivity index (χ4v) is 3.02. The third-order valence-electron chi connectivity index (χ3n) is 4.17. The molecule has 3 atom stereocenters. The van der Waals surface area contributed by atoms with Crippen molar-refractivity contribution >= 4 is 23.8 Å². The fourth-order valence-electron chi connectivity index (χ4n) is 3.02. The minimum absolute atomic E-state index is 0.0843. The third-order valence-corrected chi connectivity index (χ3v) is 4.17. The van der Waals surface area contributed by atoms with E-state index in [2.05, 4.69) is 10.6 Å². The van der Waals surface area contributed by atoms with E-state index in [4.69, 9.17) is 9.84 Å². The number of carbonyl (C=O) groups is 4. The average molecular weight is 297 g/mol. The van der Waals surface area contributed by atoms with Crippen molar-refractivity contribution in [3.8, 4) is 0 Å². The summed E-state index contributed by atoms with van der Waals surface area (Å²) in [4.78, 5) is 47.6. The van der Waals surface area contributed by atoms with Gasteiger partial charge in [0.05, 0.1) is 6.54 Å². The van der Waals surface area contributed by atoms with E-state index in [1.807, 2.05) is 0 Å². The molecule has 0 aromatic heterocycles. The lowest BCUT2D eigenvalue weighted by molar-refractivity contribution is -0.154. The van der Waals surface area contributed by atoms with Crippen LogP contribution in [0, 0.1) is 0 Å². The van der Waals surface area contributed by atoms with Crippen LogP contribution in [0.25, 0.3) is 0 Å². The predicted molar refractivity (Wildman–Crippen MR) is 66.1 cm³/mol. The number of amides is 4. The standard InChI is InChI=1S/C12H15N3O6/c16-8(6-1-2-7(21-6)9(17)18)15-4-3-12(5-15)10(19)13-11(20)14-12/h6-7H,1-5H2,(H,17,18)(H2,13,14,19,20)/t6-,7+,12?/m0/s1. The van der Waals surface area contributed by atoms with Gasteiger partial charge in [0.2, 0.25) is 0 Å². The molecule has 1 unspecified atom stereocenters. The maximum atomic E-state index is 12.3. The second kappa shape index (κ2) is 4.69. The summed E-state index contributed by atoms with van der Waals surface area (Å²) in [5.41, 5.74) is -1.06. The van der Waals surface area contributed by atoms with Crippen molar-refractivity contribution in [2.24, 2.45) is 0 Å². The van der Waals surface area contributed by atoms with Gasteiger partial charge in [0, 0.05) is 6.54 Å². The number of nitrogens with one attached hydrogen (secondary N) is 2. The van der Waals surface area contributed by atoms with E-state index in [0.29, 0.717) is 25.8 Å². The van der Waals surface area contributed by atoms with E-state index in [9.17, 15) is 19.2 Å². The van der Waals surface area contributed by atoms with Crippen LogP contribution in [0.4, 0.5) is 4.79 Å². The van der Waals surface area contributed by atoms with Crippen LogP contribution in [0.3, 0.4) is 0 Å². The van der Waals surface area contributed by atoms with Gasteiger partial charge in [-0.25, -0.2) is 9.59 Å². The van der Waals surface area contributed by atoms with E-state index < -0.39 is 35.7 Å². The summed E-state index contributed by atoms with van der Waals surface area (Å²) in [6.45, 7) is 0.408. The van der Waals surface area contributed by atoms with Crippen molar-refractivity contribution in [1.29, 1.82) is 0 Å². The second-order valence-corrected chi connectivity index (χ2v) is 5.53. The molecular weight excluding hydrogens is 282 g/mol. The zero-order valence-corrected chi connectivity index (χ0v) is 11.1. The number of nitrogens with zero attached hydrogens (tertiary/aromatic N) is 1. The smallest absolute Gasteiger partial charge is 0.332 e. The molecule has 9 nitrogen and oxygen atoms in total. The summed E-state index contributed by atoms with van der Waals surface area (Å²) < 4.78 is 5.22. The molecule has 4 amide bonds. The Morgan fingerprint density at radius 1 is 1.29 bits per heavy atom. The van der Waals surface area contributed by atoms with Crippen molar-refractivity contribution < 1.29 is 29.0 Å². The molecule has 3 saturated heterocycles. The van der Waals surface area contributed by atoms with Crippen LogP contribution in [0.15, 0.2) is 0 Å². The molecule has 9 heteroatoms. The van der Waals surface area contributed by atoms with Crippen LogP contribution in [0.1, 0.15) is 19.3 Å². The zero-order chi connectivity index (χ0) is 15.2. The first-order valence-corrected chi connectivity index (χ1v) is 6.72. The molecule has 0 bridgehead atoms. The second-order valence-electron chi connectivity index (χ2n) is 5.53. The van der Waals surface area contributed by atoms with Gasteiger partial charge in [-0.3, -0.25) is 14.9 Å². The topological polar surface area (TPSA) is 125 Å². The molecule has 0 aliphatic carbocycles. The molecule has 0 radical (unpaired) electrons. The number of carboxylic acids is 1. The van der Waals surface area contributed by atoms with Gasteiger partial charge in [-0.05, 0) is 19.3 Å². The first-order chi connectivity index (χ1) is 9.91. The van der Waals surface area contributed by atoms with Gasteiger partial charge in [0.25, 0.3) is 11.8 Å². The Kier molecular flexibility index (Phi) is 3.08. The molecular formula is C12H15N3O6. The van der Waals surface area contributed by atoms with E-state index in [0.717, 1.165) is 0 Å². The predicted octanol–water partition coefficient (Wildman–Crippen LogP) is -1.57. The molecule has 3 aliphatic rings. The minimum Gasteiger partial charge on any atom is -0.479 e. The number of urea groups is 1. The molecule has 0 aromatic rings. The molecule has 21 heavy (non-hydrogen) atoms. The minimum atomic E-state index is -1.08. The monoisotopic (exact) mass is 297 g/mol. The maximum absolute atomic E-state index is 12.3. The quantitative estimate of drug-likeness (QED) is 0.529. The van der Waals surface area contributed by atoms with E-state index >= 15 is 0 Å². The van der Waals surface area contributed by atoms with Gasteiger partial charge >= 0.3 is 12.0 Å². The number of carbonyl (C=O) groups excluding carboxylic acids is 3. The van der Waals surface area contributed by atoms with Crippen molar-refractivity contribution in [2.75, 3.05) is 13.1 Å². The summed E-state index contributed by atoms with van der Waals surface area (Å²) in [7, 11) is 0. The Hall–Kier alpha value is -2.16. The molecule has 3 N–H and O–H groups in total. The highest BCUT2D eigenvalue weighted by Crippen LogP contribution is 2.28. The Morgan fingerprint density at radius 3 is 2.57 bits per heavy atom. The van der Waals surface area contributed by atoms with Gasteiger partial charge in [-0.2, -0.15) is 0 Å². The molecule has 3 fully saturated rings. The Bertz CT molecular complexity index is 535. The number of likely N-dealkylation sites (tertiary alicyclic amines) is 1. The van der Waals surface area contributed by atoms with Crippen molar-refractivity contribution in [3.05, 3.63) is 0 Å². The third kappa shape index (κ3) is 2.23. The maximum Gasteiger partial charge on any atom is 0.332 e. The molecule has 114 valence electrons. The first kappa shape index (κ1) is 13.8. The van der Waals surface area contributed by atoms with E-state index in [-0.39, 0.29) is 12.5 Å². The van der Waals surface area contributed by atoms with Crippen molar-refractivity contribution in [1.82, 2.24) is 15.5 Å². The molecule has 1 spiro atoms. The van der Waals surface area contributed by atoms with Gasteiger partial charge in [-0.1, -0.05) is 0 Å². The largest absolute Gasteiger partial charge is 0.479 e. The normalized spacial score (nSPS) is 35.1. The van der Waals surface area contributed by atoms with Crippen LogP contribution in [0.5, 0.6) is 0 Å². The molecule has 0 saturated carbocycles. The van der Waals surface area contributed by atoms with E-state index in [1.165, 1.54) is 4.90 Å². The SMILES string of the molecule is O=C1NC(=O)C2(CCN(C(=O)[C@@H]3CC[C@H](C(=O)O)O3)C2)N1. The summed E-state index contributed by atoms with van der Waals surface area (Å²) in [5, 5.41) is 13.6. The lowest BCUT2D eigenvalue weighted by atomic mass is 9.99. The number of hydrogen-bond donors (Lipinski definition) is 3. The van der Waals surface area contributed by atoms with Gasteiger partial charge in [-0.15, -0.1) is 0 Å². The number of rotatable bonds is 2. The van der Waals surface area contributed by atoms with Crippen LogP contribution in [-0.2, 0) is 19.1 Å². The highest BCUT2D eigenvalue weighted by Gasteiger charge is 2.52. The van der Waals surface area contributed by atoms with Crippen LogP contribution in [0.2, 0.25) is 0 Å². The van der Waals surface area contributed by atoms with Crippen molar-refractivity contribution in [3.63, 3.8) is 0 Å². The number of aliphatic carboxylic acids is 1. The van der Waals surface area contributed by atoms with Crippen LogP contribution < -0.4 is 10.6 Å². The van der Waals surface area contributed by atoms with Gasteiger partial charge in [0.15, 0.2) is 6.10 Å². The zero-order valence-electron chi connectivity index (χ0n) is 11.1. The number of ether oxygens (including phenoxy) is 1. The summed E-state index contributed by atoms with van der Waals surface area (Å²) in [6.07, 6.45) is -0.767. The first-order valence-electron chi connectivity index (χ1n) is 6.72. The van der Waals surface area contributed by atoms with Crippen molar-refractivity contribution in [2.45, 2.75) is 37.0 Å². The molecule has 3 rings (SSSR count). The summed E-state index contributed by atoms with van der Waals surface area (Å²) >= 11 is 0. The van der Waals surface area contributed by atoms with Crippen LogP contribution in [-0.4, -0.2) is 64.7 Å².